The van der Waals surface area contributed by atoms with Crippen molar-refractivity contribution in [2.75, 3.05) is 32.1 Å². The third kappa shape index (κ3) is 4.54. The molecule has 1 aromatic heterocycles. The second kappa shape index (κ2) is 9.57. The maximum absolute atomic E-state index is 12.6. The fraction of sp³-hybridized carbons (Fsp3) is 0.208. The number of aromatic nitrogens is 1. The number of morpholine rings is 1. The summed E-state index contributed by atoms with van der Waals surface area (Å²) < 4.78 is 5.32. The molecule has 4 rings (SSSR count). The highest BCUT2D eigenvalue weighted by molar-refractivity contribution is 8.00. The molecule has 2 aromatic carbocycles. The first-order valence-corrected chi connectivity index (χ1v) is 10.8. The summed E-state index contributed by atoms with van der Waals surface area (Å²) in [4.78, 5) is 19.2. The molecule has 0 N–H and O–H groups in total. The summed E-state index contributed by atoms with van der Waals surface area (Å²) in [7, 11) is 0. The topological polar surface area (TPSA) is 66.2 Å². The second-order valence-corrected chi connectivity index (χ2v) is 7.82. The Balaban J connectivity index is 1.71. The molecule has 0 saturated carbocycles. The van der Waals surface area contributed by atoms with Crippen molar-refractivity contribution in [3.05, 3.63) is 72.3 Å². The first-order chi connectivity index (χ1) is 14.8. The minimum absolute atomic E-state index is 0.0420. The number of ether oxygens (including phenoxy) is 1. The van der Waals surface area contributed by atoms with Gasteiger partial charge in [0.05, 0.1) is 30.2 Å². The van der Waals surface area contributed by atoms with E-state index in [1.807, 2.05) is 71.6 Å². The van der Waals surface area contributed by atoms with Gasteiger partial charge < -0.3 is 9.64 Å². The van der Waals surface area contributed by atoms with Crippen LogP contribution in [0.15, 0.2) is 71.8 Å². The van der Waals surface area contributed by atoms with Crippen LogP contribution in [0.3, 0.4) is 0 Å². The molecule has 0 radical (unpaired) electrons. The third-order valence-electron chi connectivity index (χ3n) is 4.95. The lowest BCUT2D eigenvalue weighted by molar-refractivity contribution is -0.132. The van der Waals surface area contributed by atoms with E-state index in [4.69, 9.17) is 9.72 Å². The van der Waals surface area contributed by atoms with Crippen LogP contribution in [0.5, 0.6) is 0 Å². The molecule has 0 atom stereocenters. The molecule has 3 aromatic rings. The molecule has 30 heavy (non-hydrogen) atoms. The summed E-state index contributed by atoms with van der Waals surface area (Å²) >= 11 is 1.33. The van der Waals surface area contributed by atoms with Crippen molar-refractivity contribution in [2.45, 2.75) is 5.03 Å². The Bertz CT molecular complexity index is 1060. The van der Waals surface area contributed by atoms with E-state index < -0.39 is 0 Å². The van der Waals surface area contributed by atoms with E-state index in [-0.39, 0.29) is 11.7 Å². The Kier molecular flexibility index (Phi) is 6.43. The smallest absolute Gasteiger partial charge is 0.233 e. The van der Waals surface area contributed by atoms with Gasteiger partial charge in [-0.15, -0.1) is 0 Å². The van der Waals surface area contributed by atoms with Crippen LogP contribution in [-0.4, -0.2) is 47.8 Å². The summed E-state index contributed by atoms with van der Waals surface area (Å²) in [5.74, 6) is 0.286. The standard InChI is InChI=1S/C24H21N3O2S/c25-16-21-20(18-7-3-1-4-8-18)15-22(19-9-5-2-6-10-19)26-24(21)30-17-23(28)27-11-13-29-14-12-27/h1-10,15H,11-14,17H2. The predicted octanol–water partition coefficient (Wildman–Crippen LogP) is 4.24. The first kappa shape index (κ1) is 20.1. The molecule has 1 saturated heterocycles. The molecular formula is C24H21N3O2S. The quantitative estimate of drug-likeness (QED) is 0.583. The maximum atomic E-state index is 12.6. The van der Waals surface area contributed by atoms with Crippen molar-refractivity contribution in [2.24, 2.45) is 0 Å². The van der Waals surface area contributed by atoms with Gasteiger partial charge >= 0.3 is 0 Å². The Morgan fingerprint density at radius 3 is 2.30 bits per heavy atom. The summed E-state index contributed by atoms with van der Waals surface area (Å²) in [5, 5.41) is 10.5. The van der Waals surface area contributed by atoms with E-state index in [1.165, 1.54) is 11.8 Å². The molecule has 0 unspecified atom stereocenters. The molecule has 1 fully saturated rings. The number of rotatable bonds is 5. The molecule has 2 heterocycles. The van der Waals surface area contributed by atoms with Gasteiger partial charge in [-0.25, -0.2) is 4.98 Å². The minimum atomic E-state index is 0.0420. The lowest BCUT2D eigenvalue weighted by Crippen LogP contribution is -2.41. The highest BCUT2D eigenvalue weighted by atomic mass is 32.2. The fourth-order valence-electron chi connectivity index (χ4n) is 3.37. The van der Waals surface area contributed by atoms with Crippen LogP contribution in [0.2, 0.25) is 0 Å². The largest absolute Gasteiger partial charge is 0.378 e. The Labute approximate surface area is 180 Å². The summed E-state index contributed by atoms with van der Waals surface area (Å²) in [5.41, 5.74) is 4.04. The van der Waals surface area contributed by atoms with E-state index in [0.717, 1.165) is 22.4 Å². The zero-order valence-electron chi connectivity index (χ0n) is 16.5. The monoisotopic (exact) mass is 415 g/mol. The Morgan fingerprint density at radius 1 is 1.03 bits per heavy atom. The zero-order chi connectivity index (χ0) is 20.8. The van der Waals surface area contributed by atoms with Crippen LogP contribution >= 0.6 is 11.8 Å². The number of nitrogens with zero attached hydrogens (tertiary/aromatic N) is 3. The lowest BCUT2D eigenvalue weighted by atomic mass is 9.99. The third-order valence-corrected chi connectivity index (χ3v) is 5.91. The Morgan fingerprint density at radius 2 is 1.67 bits per heavy atom. The number of carbonyl (C=O) groups excluding carboxylic acids is 1. The van der Waals surface area contributed by atoms with Gasteiger partial charge in [-0.1, -0.05) is 72.4 Å². The van der Waals surface area contributed by atoms with E-state index in [1.54, 1.807) is 0 Å². The average molecular weight is 416 g/mol. The molecule has 150 valence electrons. The molecule has 0 bridgehead atoms. The molecule has 0 spiro atoms. The second-order valence-electron chi connectivity index (χ2n) is 6.86. The minimum Gasteiger partial charge on any atom is -0.378 e. The van der Waals surface area contributed by atoms with Gasteiger partial charge in [-0.2, -0.15) is 5.26 Å². The van der Waals surface area contributed by atoms with E-state index in [2.05, 4.69) is 6.07 Å². The molecule has 5 nitrogen and oxygen atoms in total. The van der Waals surface area contributed by atoms with Gasteiger partial charge in [0, 0.05) is 24.2 Å². The SMILES string of the molecule is N#Cc1c(-c2ccccc2)cc(-c2ccccc2)nc1SCC(=O)N1CCOCC1. The highest BCUT2D eigenvalue weighted by Crippen LogP contribution is 2.34. The molecule has 0 aliphatic carbocycles. The molecule has 1 aliphatic rings. The number of hydrogen-bond donors (Lipinski definition) is 0. The van der Waals surface area contributed by atoms with Crippen molar-refractivity contribution in [1.82, 2.24) is 9.88 Å². The number of thioether (sulfide) groups is 1. The Hall–Kier alpha value is -3.14. The van der Waals surface area contributed by atoms with Crippen molar-refractivity contribution in [3.63, 3.8) is 0 Å². The maximum Gasteiger partial charge on any atom is 0.233 e. The van der Waals surface area contributed by atoms with Crippen LogP contribution in [0.25, 0.3) is 22.4 Å². The van der Waals surface area contributed by atoms with E-state index >= 15 is 0 Å². The van der Waals surface area contributed by atoms with Crippen molar-refractivity contribution in [3.8, 4) is 28.5 Å². The van der Waals surface area contributed by atoms with Gasteiger partial charge in [0.15, 0.2) is 0 Å². The van der Waals surface area contributed by atoms with Crippen molar-refractivity contribution in [1.29, 1.82) is 5.26 Å². The summed E-state index contributed by atoms with van der Waals surface area (Å²) in [6, 6.07) is 24.0. The number of pyridine rings is 1. The van der Waals surface area contributed by atoms with Crippen molar-refractivity contribution >= 4 is 17.7 Å². The average Bonchev–Trinajstić information content (AvgIpc) is 2.83. The fourth-order valence-corrected chi connectivity index (χ4v) is 4.28. The van der Waals surface area contributed by atoms with Gasteiger partial charge in [0.1, 0.15) is 11.1 Å². The molecule has 1 aliphatic heterocycles. The van der Waals surface area contributed by atoms with Crippen LogP contribution < -0.4 is 0 Å². The number of benzene rings is 2. The van der Waals surface area contributed by atoms with Crippen LogP contribution in [-0.2, 0) is 9.53 Å². The van der Waals surface area contributed by atoms with E-state index in [0.29, 0.717) is 36.9 Å². The molecular weight excluding hydrogens is 394 g/mol. The van der Waals surface area contributed by atoms with Crippen LogP contribution in [0.1, 0.15) is 5.56 Å². The van der Waals surface area contributed by atoms with Crippen LogP contribution in [0.4, 0.5) is 0 Å². The first-order valence-electron chi connectivity index (χ1n) is 9.80. The summed E-state index contributed by atoms with van der Waals surface area (Å²) in [6.07, 6.45) is 0. The lowest BCUT2D eigenvalue weighted by Gasteiger charge is -2.26. The van der Waals surface area contributed by atoms with E-state index in [9.17, 15) is 10.1 Å². The predicted molar refractivity (Wildman–Crippen MR) is 118 cm³/mol. The zero-order valence-corrected chi connectivity index (χ0v) is 17.3. The highest BCUT2D eigenvalue weighted by Gasteiger charge is 2.20. The van der Waals surface area contributed by atoms with Gasteiger partial charge in [-0.05, 0) is 11.6 Å². The van der Waals surface area contributed by atoms with Crippen LogP contribution in [0, 0.1) is 11.3 Å². The molecule has 6 heteroatoms. The van der Waals surface area contributed by atoms with Gasteiger partial charge in [0.25, 0.3) is 0 Å². The number of nitriles is 1. The van der Waals surface area contributed by atoms with Gasteiger partial charge in [0.2, 0.25) is 5.91 Å². The number of hydrogen-bond acceptors (Lipinski definition) is 5. The van der Waals surface area contributed by atoms with Gasteiger partial charge in [-0.3, -0.25) is 4.79 Å². The normalized spacial score (nSPS) is 13.6. The summed E-state index contributed by atoms with van der Waals surface area (Å²) in [6.45, 7) is 2.36. The molecule has 1 amide bonds. The number of carbonyl (C=O) groups is 1. The number of amides is 1. The van der Waals surface area contributed by atoms with Crippen molar-refractivity contribution < 1.29 is 9.53 Å².